The lowest BCUT2D eigenvalue weighted by atomic mass is 9.82. The Morgan fingerprint density at radius 1 is 0.774 bits per heavy atom. The first-order valence-corrected chi connectivity index (χ1v) is 12.8. The molecule has 0 fully saturated rings. The van der Waals surface area contributed by atoms with Crippen molar-refractivity contribution < 1.29 is 9.59 Å². The Morgan fingerprint density at radius 3 is 2.10 bits per heavy atom. The molecule has 0 N–H and O–H groups in total. The Hall–Kier alpha value is -1.90. The molecule has 1 aromatic rings. The minimum atomic E-state index is -0.0127. The van der Waals surface area contributed by atoms with Crippen LogP contribution < -0.4 is 0 Å². The molecule has 2 heterocycles. The molecule has 1 aromatic carbocycles. The number of carbonyl (C=O) groups is 2. The first-order chi connectivity index (χ1) is 15.2. The molecule has 0 radical (unpaired) electrons. The molecule has 2 aliphatic rings. The Kier molecular flexibility index (Phi) is 9.36. The highest BCUT2D eigenvalue weighted by Gasteiger charge is 2.42. The maximum absolute atomic E-state index is 13.4. The Morgan fingerprint density at radius 2 is 1.39 bits per heavy atom. The number of nitrogens with zero attached hydrogens (tertiary/aromatic N) is 1. The summed E-state index contributed by atoms with van der Waals surface area (Å²) < 4.78 is 0. The third-order valence-corrected chi connectivity index (χ3v) is 7.06. The van der Waals surface area contributed by atoms with E-state index < -0.39 is 0 Å². The molecule has 0 saturated heterocycles. The SMILES string of the molecule is CCCCCCCCC1=C2C(=O)N(Cc3ccccc3CC2CCCCCCC)C1=O. The van der Waals surface area contributed by atoms with Crippen molar-refractivity contribution in [3.63, 3.8) is 0 Å². The van der Waals surface area contributed by atoms with Crippen LogP contribution in [-0.4, -0.2) is 16.7 Å². The molecule has 2 bridgehead atoms. The third-order valence-electron chi connectivity index (χ3n) is 7.06. The molecule has 31 heavy (non-hydrogen) atoms. The van der Waals surface area contributed by atoms with Crippen LogP contribution >= 0.6 is 0 Å². The molecule has 2 aliphatic heterocycles. The van der Waals surface area contributed by atoms with Crippen molar-refractivity contribution in [3.8, 4) is 0 Å². The quantitative estimate of drug-likeness (QED) is 0.250. The highest BCUT2D eigenvalue weighted by molar-refractivity contribution is 6.19. The largest absolute Gasteiger partial charge is 0.270 e. The zero-order valence-electron chi connectivity index (χ0n) is 19.8. The number of benzene rings is 1. The fourth-order valence-electron chi connectivity index (χ4n) is 5.22. The summed E-state index contributed by atoms with van der Waals surface area (Å²) in [5.74, 6) is 0.167. The lowest BCUT2D eigenvalue weighted by Crippen LogP contribution is -2.34. The van der Waals surface area contributed by atoms with E-state index in [0.29, 0.717) is 6.54 Å². The van der Waals surface area contributed by atoms with Crippen LogP contribution in [0.15, 0.2) is 35.4 Å². The number of rotatable bonds is 13. The van der Waals surface area contributed by atoms with Crippen molar-refractivity contribution in [2.75, 3.05) is 0 Å². The van der Waals surface area contributed by atoms with Crippen molar-refractivity contribution in [3.05, 3.63) is 46.5 Å². The van der Waals surface area contributed by atoms with Gasteiger partial charge in [0.15, 0.2) is 0 Å². The van der Waals surface area contributed by atoms with Gasteiger partial charge in [0.1, 0.15) is 0 Å². The summed E-state index contributed by atoms with van der Waals surface area (Å²) in [6.07, 6.45) is 16.0. The van der Waals surface area contributed by atoms with Gasteiger partial charge < -0.3 is 0 Å². The van der Waals surface area contributed by atoms with Crippen LogP contribution in [0, 0.1) is 5.92 Å². The van der Waals surface area contributed by atoms with E-state index in [2.05, 4.69) is 32.0 Å². The minimum Gasteiger partial charge on any atom is -0.270 e. The number of amides is 2. The zero-order valence-corrected chi connectivity index (χ0v) is 19.8. The Balaban J connectivity index is 1.77. The fraction of sp³-hybridized carbons (Fsp3) is 0.643. The van der Waals surface area contributed by atoms with Crippen LogP contribution in [0.3, 0.4) is 0 Å². The van der Waals surface area contributed by atoms with E-state index in [1.54, 1.807) is 0 Å². The molecule has 0 saturated carbocycles. The maximum atomic E-state index is 13.4. The molecular weight excluding hydrogens is 382 g/mol. The number of hydrogen-bond acceptors (Lipinski definition) is 2. The maximum Gasteiger partial charge on any atom is 0.257 e. The van der Waals surface area contributed by atoms with E-state index in [1.165, 1.54) is 61.8 Å². The third kappa shape index (κ3) is 6.08. The number of carbonyl (C=O) groups excluding carboxylic acids is 2. The summed E-state index contributed by atoms with van der Waals surface area (Å²) >= 11 is 0. The van der Waals surface area contributed by atoms with Crippen LogP contribution in [0.1, 0.15) is 108 Å². The number of imide groups is 1. The highest BCUT2D eigenvalue weighted by atomic mass is 16.2. The van der Waals surface area contributed by atoms with Crippen LogP contribution in [-0.2, 0) is 22.6 Å². The van der Waals surface area contributed by atoms with Gasteiger partial charge in [0.25, 0.3) is 11.8 Å². The normalized spacial score (nSPS) is 18.4. The van der Waals surface area contributed by atoms with E-state index in [4.69, 9.17) is 0 Å². The summed E-state index contributed by atoms with van der Waals surface area (Å²) in [5.41, 5.74) is 4.15. The van der Waals surface area contributed by atoms with Gasteiger partial charge >= 0.3 is 0 Å². The van der Waals surface area contributed by atoms with Gasteiger partial charge in [0.05, 0.1) is 6.54 Å². The highest BCUT2D eigenvalue weighted by Crippen LogP contribution is 2.38. The van der Waals surface area contributed by atoms with E-state index in [9.17, 15) is 9.59 Å². The second-order valence-corrected chi connectivity index (χ2v) is 9.48. The van der Waals surface area contributed by atoms with Crippen LogP contribution in [0.4, 0.5) is 0 Å². The lowest BCUT2D eigenvalue weighted by Gasteiger charge is -2.25. The van der Waals surface area contributed by atoms with Crippen molar-refractivity contribution in [2.24, 2.45) is 5.92 Å². The van der Waals surface area contributed by atoms with Gasteiger partial charge in [0, 0.05) is 11.1 Å². The minimum absolute atomic E-state index is 0.000885. The second-order valence-electron chi connectivity index (χ2n) is 9.48. The van der Waals surface area contributed by atoms with Crippen molar-refractivity contribution in [1.82, 2.24) is 4.90 Å². The fourth-order valence-corrected chi connectivity index (χ4v) is 5.22. The van der Waals surface area contributed by atoms with E-state index in [1.807, 2.05) is 6.07 Å². The van der Waals surface area contributed by atoms with Crippen molar-refractivity contribution in [2.45, 2.75) is 110 Å². The summed E-state index contributed by atoms with van der Waals surface area (Å²) in [4.78, 5) is 28.2. The number of fused-ring (bicyclic) bond motifs is 3. The number of unbranched alkanes of at least 4 members (excludes halogenated alkanes) is 9. The van der Waals surface area contributed by atoms with Gasteiger partial charge in [-0.3, -0.25) is 14.5 Å². The molecular formula is C28H41NO2. The average Bonchev–Trinajstić information content (AvgIpc) is 3.02. The van der Waals surface area contributed by atoms with Crippen LogP contribution in [0.5, 0.6) is 0 Å². The molecule has 0 aliphatic carbocycles. The molecule has 1 atom stereocenters. The van der Waals surface area contributed by atoms with Crippen molar-refractivity contribution >= 4 is 11.8 Å². The van der Waals surface area contributed by atoms with Crippen LogP contribution in [0.2, 0.25) is 0 Å². The molecule has 3 nitrogen and oxygen atoms in total. The molecule has 2 amide bonds. The topological polar surface area (TPSA) is 37.4 Å². The molecule has 3 heteroatoms. The smallest absolute Gasteiger partial charge is 0.257 e. The molecule has 1 unspecified atom stereocenters. The van der Waals surface area contributed by atoms with Gasteiger partial charge in [-0.25, -0.2) is 0 Å². The predicted molar refractivity (Wildman–Crippen MR) is 128 cm³/mol. The zero-order chi connectivity index (χ0) is 22.1. The predicted octanol–water partition coefficient (Wildman–Crippen LogP) is 7.14. The first kappa shape index (κ1) is 23.8. The van der Waals surface area contributed by atoms with Gasteiger partial charge in [-0.1, -0.05) is 102 Å². The molecule has 0 spiro atoms. The van der Waals surface area contributed by atoms with Crippen LogP contribution in [0.25, 0.3) is 0 Å². The summed E-state index contributed by atoms with van der Waals surface area (Å²) in [5, 5.41) is 0. The van der Waals surface area contributed by atoms with E-state index in [-0.39, 0.29) is 17.7 Å². The Labute approximate surface area is 189 Å². The van der Waals surface area contributed by atoms with Gasteiger partial charge in [0.2, 0.25) is 0 Å². The first-order valence-electron chi connectivity index (χ1n) is 12.8. The van der Waals surface area contributed by atoms with Gasteiger partial charge in [-0.15, -0.1) is 0 Å². The lowest BCUT2D eigenvalue weighted by molar-refractivity contribution is -0.138. The average molecular weight is 424 g/mol. The second kappa shape index (κ2) is 12.2. The number of hydrogen-bond donors (Lipinski definition) is 0. The summed E-state index contributed by atoms with van der Waals surface area (Å²) in [7, 11) is 0. The summed E-state index contributed by atoms with van der Waals surface area (Å²) in [6, 6.07) is 8.39. The standard InChI is InChI=1S/C28H41NO2/c1-3-5-7-9-11-13-19-25-26-23(17-12-10-8-6-4-2)20-22-16-14-15-18-24(22)21-29(27(25)30)28(26)31/h14-16,18,23H,3-13,17,19-21H2,1-2H3. The molecule has 170 valence electrons. The Bertz CT molecular complexity index is 779. The van der Waals surface area contributed by atoms with E-state index in [0.717, 1.165) is 55.2 Å². The molecule has 3 rings (SSSR count). The monoisotopic (exact) mass is 423 g/mol. The van der Waals surface area contributed by atoms with Gasteiger partial charge in [-0.05, 0) is 42.7 Å². The van der Waals surface area contributed by atoms with E-state index >= 15 is 0 Å². The van der Waals surface area contributed by atoms with Gasteiger partial charge in [-0.2, -0.15) is 0 Å². The van der Waals surface area contributed by atoms with Crippen molar-refractivity contribution in [1.29, 1.82) is 0 Å². The summed E-state index contributed by atoms with van der Waals surface area (Å²) in [6.45, 7) is 4.90. The molecule has 0 aromatic heterocycles.